The molecule has 1 saturated heterocycles. The molecule has 4 heterocycles. The molecule has 2 aromatic rings. The molecular formula is C17H17N5O4S4. The van der Waals surface area contributed by atoms with Crippen molar-refractivity contribution in [3.8, 4) is 0 Å². The van der Waals surface area contributed by atoms with Gasteiger partial charge in [0.25, 0.3) is 5.91 Å². The van der Waals surface area contributed by atoms with E-state index in [2.05, 4.69) is 15.5 Å². The lowest BCUT2D eigenvalue weighted by atomic mass is 10.0. The van der Waals surface area contributed by atoms with E-state index in [0.29, 0.717) is 33.0 Å². The Morgan fingerprint density at radius 3 is 2.90 bits per heavy atom. The Bertz CT molecular complexity index is 1010. The summed E-state index contributed by atoms with van der Waals surface area (Å²) in [6.45, 7) is 0.306. The smallest absolute Gasteiger partial charge is 0.352 e. The maximum atomic E-state index is 12.7. The molecule has 4 rings (SSSR count). The van der Waals surface area contributed by atoms with E-state index in [1.807, 2.05) is 17.5 Å². The highest BCUT2D eigenvalue weighted by Gasteiger charge is 2.54. The molecular weight excluding hydrogens is 466 g/mol. The van der Waals surface area contributed by atoms with Gasteiger partial charge in [0.15, 0.2) is 4.34 Å². The fraction of sp³-hybridized carbons (Fsp3) is 0.353. The molecule has 1 unspecified atom stereocenters. The molecule has 9 nitrogen and oxygen atoms in total. The standard InChI is InChI=1S/C17H17N5O4S4/c18-5-11-20-21-17(30-11)29-7-8-6-28-15-12(14(24)22(15)13(8)16(25)26)19-10(23)4-9-2-1-3-27-9/h1-3,12,15H,4-7,18H2,(H,19,23)(H,25,26)/t12?,15-/m1/s1. The number of fused-ring (bicyclic) bond motifs is 1. The second kappa shape index (κ2) is 9.06. The van der Waals surface area contributed by atoms with Crippen LogP contribution in [0.15, 0.2) is 33.1 Å². The van der Waals surface area contributed by atoms with Crippen molar-refractivity contribution in [2.45, 2.75) is 28.7 Å². The van der Waals surface area contributed by atoms with Gasteiger partial charge in [-0.1, -0.05) is 29.2 Å². The van der Waals surface area contributed by atoms with E-state index in [1.54, 1.807) is 0 Å². The lowest BCUT2D eigenvalue weighted by molar-refractivity contribution is -0.150. The average molecular weight is 484 g/mol. The second-order valence-corrected chi connectivity index (χ2v) is 10.8. The van der Waals surface area contributed by atoms with Gasteiger partial charge < -0.3 is 16.2 Å². The Hall–Kier alpha value is -1.93. The molecule has 158 valence electrons. The van der Waals surface area contributed by atoms with Gasteiger partial charge in [-0.05, 0) is 17.0 Å². The zero-order valence-corrected chi connectivity index (χ0v) is 18.7. The summed E-state index contributed by atoms with van der Waals surface area (Å²) in [5.41, 5.74) is 6.19. The summed E-state index contributed by atoms with van der Waals surface area (Å²) < 4.78 is 0.702. The molecule has 1 fully saturated rings. The highest BCUT2D eigenvalue weighted by Crippen LogP contribution is 2.41. The largest absolute Gasteiger partial charge is 0.477 e. The number of β-lactam (4-membered cyclic amide) rings is 1. The number of thiophene rings is 1. The van der Waals surface area contributed by atoms with E-state index < -0.39 is 23.3 Å². The average Bonchev–Trinajstić information content (AvgIpc) is 3.41. The van der Waals surface area contributed by atoms with E-state index in [4.69, 9.17) is 5.73 Å². The summed E-state index contributed by atoms with van der Waals surface area (Å²) >= 11 is 5.67. The topological polar surface area (TPSA) is 139 Å². The van der Waals surface area contributed by atoms with Crippen molar-refractivity contribution in [1.82, 2.24) is 20.4 Å². The summed E-state index contributed by atoms with van der Waals surface area (Å²) in [7, 11) is 0. The SMILES string of the molecule is NCc1nnc(SCC2=C(C(=O)O)N3C(=O)C(NC(=O)Cc4cccs4)[C@H]3SC2)s1. The highest BCUT2D eigenvalue weighted by atomic mass is 32.2. The maximum absolute atomic E-state index is 12.7. The van der Waals surface area contributed by atoms with Crippen molar-refractivity contribution in [2.24, 2.45) is 5.73 Å². The molecule has 0 saturated carbocycles. The van der Waals surface area contributed by atoms with Gasteiger partial charge in [0, 0.05) is 22.9 Å². The first kappa shape index (κ1) is 21.3. The predicted molar refractivity (Wildman–Crippen MR) is 116 cm³/mol. The summed E-state index contributed by atoms with van der Waals surface area (Å²) in [4.78, 5) is 39.0. The van der Waals surface area contributed by atoms with Crippen LogP contribution in [-0.4, -0.2) is 60.9 Å². The number of aliphatic carboxylic acids is 1. The number of carbonyl (C=O) groups excluding carboxylic acids is 2. The molecule has 2 aliphatic rings. The lowest BCUT2D eigenvalue weighted by Crippen LogP contribution is -2.70. The number of nitrogens with zero attached hydrogens (tertiary/aromatic N) is 3. The minimum atomic E-state index is -1.15. The first-order valence-electron chi connectivity index (χ1n) is 8.85. The van der Waals surface area contributed by atoms with Crippen LogP contribution in [0.5, 0.6) is 0 Å². The van der Waals surface area contributed by atoms with Gasteiger partial charge in [-0.2, -0.15) is 0 Å². The predicted octanol–water partition coefficient (Wildman–Crippen LogP) is 1.13. The Balaban J connectivity index is 1.43. The number of carbonyl (C=O) groups is 3. The van der Waals surface area contributed by atoms with Crippen LogP contribution in [0.3, 0.4) is 0 Å². The number of aromatic nitrogens is 2. The van der Waals surface area contributed by atoms with Crippen molar-refractivity contribution in [3.63, 3.8) is 0 Å². The van der Waals surface area contributed by atoms with E-state index >= 15 is 0 Å². The van der Waals surface area contributed by atoms with Gasteiger partial charge in [-0.3, -0.25) is 14.5 Å². The lowest BCUT2D eigenvalue weighted by Gasteiger charge is -2.49. The third kappa shape index (κ3) is 4.25. The Kier molecular flexibility index (Phi) is 6.43. The molecule has 30 heavy (non-hydrogen) atoms. The zero-order valence-electron chi connectivity index (χ0n) is 15.4. The fourth-order valence-electron chi connectivity index (χ4n) is 3.12. The van der Waals surface area contributed by atoms with Crippen molar-refractivity contribution < 1.29 is 19.5 Å². The van der Waals surface area contributed by atoms with Crippen molar-refractivity contribution in [1.29, 1.82) is 0 Å². The number of nitrogens with one attached hydrogen (secondary N) is 1. The second-order valence-electron chi connectivity index (χ2n) is 6.42. The number of carboxylic acid groups (broad SMARTS) is 1. The highest BCUT2D eigenvalue weighted by molar-refractivity contribution is 8.01. The third-order valence-corrected chi connectivity index (χ3v) is 8.86. The van der Waals surface area contributed by atoms with Crippen molar-refractivity contribution in [3.05, 3.63) is 38.7 Å². The molecule has 0 aromatic carbocycles. The minimum Gasteiger partial charge on any atom is -0.477 e. The number of nitrogens with two attached hydrogens (primary N) is 1. The summed E-state index contributed by atoms with van der Waals surface area (Å²) in [5.74, 6) is -0.937. The number of rotatable bonds is 8. The molecule has 2 amide bonds. The molecule has 4 N–H and O–H groups in total. The Morgan fingerprint density at radius 2 is 2.23 bits per heavy atom. The Morgan fingerprint density at radius 1 is 1.40 bits per heavy atom. The number of carboxylic acids is 1. The molecule has 0 spiro atoms. The number of hydrogen-bond donors (Lipinski definition) is 3. The number of thioether (sulfide) groups is 2. The number of amides is 2. The monoisotopic (exact) mass is 483 g/mol. The van der Waals surface area contributed by atoms with Crippen LogP contribution in [0.2, 0.25) is 0 Å². The van der Waals surface area contributed by atoms with Gasteiger partial charge >= 0.3 is 5.97 Å². The van der Waals surface area contributed by atoms with Gasteiger partial charge in [-0.15, -0.1) is 33.3 Å². The van der Waals surface area contributed by atoms with Crippen LogP contribution in [-0.2, 0) is 27.3 Å². The first-order chi connectivity index (χ1) is 14.5. The first-order valence-corrected chi connectivity index (χ1v) is 12.6. The third-order valence-electron chi connectivity index (χ3n) is 4.47. The van der Waals surface area contributed by atoms with Crippen LogP contribution >= 0.6 is 46.2 Å². The minimum absolute atomic E-state index is 0.00331. The fourth-order valence-corrected chi connectivity index (χ4v) is 7.08. The molecule has 2 aliphatic heterocycles. The van der Waals surface area contributed by atoms with Crippen LogP contribution in [0.25, 0.3) is 0 Å². The van der Waals surface area contributed by atoms with Crippen LogP contribution in [0, 0.1) is 0 Å². The maximum Gasteiger partial charge on any atom is 0.352 e. The van der Waals surface area contributed by atoms with E-state index in [9.17, 15) is 19.5 Å². The molecule has 0 aliphatic carbocycles. The summed E-state index contributed by atoms with van der Waals surface area (Å²) in [6.07, 6.45) is 0.203. The van der Waals surface area contributed by atoms with Crippen LogP contribution in [0.4, 0.5) is 0 Å². The Labute approximate surface area is 188 Å². The molecule has 2 atom stereocenters. The molecule has 0 radical (unpaired) electrons. The molecule has 2 aromatic heterocycles. The van der Waals surface area contributed by atoms with Gasteiger partial charge in [0.05, 0.1) is 6.42 Å². The van der Waals surface area contributed by atoms with Crippen LogP contribution in [0.1, 0.15) is 9.88 Å². The molecule has 13 heteroatoms. The quantitative estimate of drug-likeness (QED) is 0.372. The zero-order chi connectivity index (χ0) is 21.3. The summed E-state index contributed by atoms with van der Waals surface area (Å²) in [5, 5.41) is 22.6. The number of hydrogen-bond acceptors (Lipinski definition) is 10. The van der Waals surface area contributed by atoms with Crippen molar-refractivity contribution in [2.75, 3.05) is 11.5 Å². The van der Waals surface area contributed by atoms with E-state index in [-0.39, 0.29) is 18.0 Å². The van der Waals surface area contributed by atoms with Gasteiger partial charge in [0.1, 0.15) is 22.1 Å². The van der Waals surface area contributed by atoms with Gasteiger partial charge in [0.2, 0.25) is 5.91 Å². The van der Waals surface area contributed by atoms with Crippen LogP contribution < -0.4 is 11.1 Å². The van der Waals surface area contributed by atoms with Crippen molar-refractivity contribution >= 4 is 64.0 Å². The van der Waals surface area contributed by atoms with E-state index in [1.165, 1.54) is 51.1 Å². The molecule has 0 bridgehead atoms. The van der Waals surface area contributed by atoms with E-state index in [0.717, 1.165) is 4.88 Å². The van der Waals surface area contributed by atoms with Gasteiger partial charge in [-0.25, -0.2) is 4.79 Å². The normalized spacial score (nSPS) is 20.7. The summed E-state index contributed by atoms with van der Waals surface area (Å²) in [6, 6.07) is 3.02.